The van der Waals surface area contributed by atoms with E-state index in [4.69, 9.17) is 0 Å². The number of Topliss-reactive ketones (excluding diaryl/α,β-unsaturated/α-hetero) is 1. The predicted octanol–water partition coefficient (Wildman–Crippen LogP) is 4.57. The Balaban J connectivity index is 3.27. The van der Waals surface area contributed by atoms with Gasteiger partial charge in [0.05, 0.1) is 7.11 Å². The summed E-state index contributed by atoms with van der Waals surface area (Å²) in [6.07, 6.45) is 14.9. The molecule has 1 atom stereocenters. The van der Waals surface area contributed by atoms with Gasteiger partial charge in [0.2, 0.25) is 6.10 Å². The Hall–Kier alpha value is -0.900. The molecule has 0 aliphatic rings. The van der Waals surface area contributed by atoms with Crippen molar-refractivity contribution in [1.29, 1.82) is 0 Å². The molecule has 0 aromatic carbocycles. The Morgan fingerprint density at radius 3 is 1.57 bits per heavy atom. The van der Waals surface area contributed by atoms with Crippen LogP contribution in [0.1, 0.15) is 96.8 Å². The first-order chi connectivity index (χ1) is 11.1. The molecule has 0 radical (unpaired) electrons. The highest BCUT2D eigenvalue weighted by molar-refractivity contribution is 6.01. The summed E-state index contributed by atoms with van der Waals surface area (Å²) in [6, 6.07) is 0. The molecule has 23 heavy (non-hydrogen) atoms. The van der Waals surface area contributed by atoms with Gasteiger partial charge >= 0.3 is 5.97 Å². The van der Waals surface area contributed by atoms with E-state index in [-0.39, 0.29) is 6.42 Å². The maximum absolute atomic E-state index is 11.5. The van der Waals surface area contributed by atoms with Gasteiger partial charge in [0.15, 0.2) is 5.78 Å². The zero-order chi connectivity index (χ0) is 17.3. The molecule has 0 heterocycles. The fraction of sp³-hybridized carbons (Fsp3) is 0.895. The van der Waals surface area contributed by atoms with E-state index < -0.39 is 17.9 Å². The van der Waals surface area contributed by atoms with Crippen LogP contribution in [0.25, 0.3) is 0 Å². The molecule has 0 saturated carbocycles. The normalized spacial score (nSPS) is 12.1. The third-order valence-electron chi connectivity index (χ3n) is 4.26. The van der Waals surface area contributed by atoms with Crippen molar-refractivity contribution >= 4 is 11.8 Å². The van der Waals surface area contributed by atoms with E-state index in [1.165, 1.54) is 71.3 Å². The molecule has 0 amide bonds. The van der Waals surface area contributed by atoms with Crippen LogP contribution in [0.5, 0.6) is 0 Å². The molecule has 1 N–H and O–H groups in total. The number of aliphatic hydroxyl groups excluding tert-OH is 1. The van der Waals surface area contributed by atoms with Gasteiger partial charge in [-0.25, -0.2) is 4.79 Å². The fourth-order valence-electron chi connectivity index (χ4n) is 2.70. The topological polar surface area (TPSA) is 63.6 Å². The zero-order valence-electron chi connectivity index (χ0n) is 15.1. The van der Waals surface area contributed by atoms with E-state index in [2.05, 4.69) is 11.7 Å². The smallest absolute Gasteiger partial charge is 0.342 e. The molecule has 0 aliphatic heterocycles. The van der Waals surface area contributed by atoms with Crippen molar-refractivity contribution in [2.75, 3.05) is 7.11 Å². The van der Waals surface area contributed by atoms with E-state index >= 15 is 0 Å². The van der Waals surface area contributed by atoms with Crippen LogP contribution in [-0.4, -0.2) is 30.1 Å². The maximum Gasteiger partial charge on any atom is 0.342 e. The van der Waals surface area contributed by atoms with Gasteiger partial charge in [-0.05, 0) is 6.42 Å². The molecule has 0 aromatic heterocycles. The number of carbonyl (C=O) groups is 2. The zero-order valence-corrected chi connectivity index (χ0v) is 15.1. The summed E-state index contributed by atoms with van der Waals surface area (Å²) in [5, 5.41) is 9.35. The molecule has 4 nitrogen and oxygen atoms in total. The molecule has 0 spiro atoms. The first kappa shape index (κ1) is 22.1. The highest BCUT2D eigenvalue weighted by atomic mass is 16.5. The summed E-state index contributed by atoms with van der Waals surface area (Å²) in [5.41, 5.74) is 0. The second-order valence-electron chi connectivity index (χ2n) is 6.38. The molecule has 0 fully saturated rings. The van der Waals surface area contributed by atoms with Gasteiger partial charge in [-0.3, -0.25) is 4.79 Å². The Kier molecular flexibility index (Phi) is 15.4. The summed E-state index contributed by atoms with van der Waals surface area (Å²) in [6.45, 7) is 2.25. The van der Waals surface area contributed by atoms with Crippen molar-refractivity contribution in [2.24, 2.45) is 0 Å². The quantitative estimate of drug-likeness (QED) is 0.256. The average molecular weight is 328 g/mol. The Bertz CT molecular complexity index is 302. The number of methoxy groups -OCH3 is 1. The minimum atomic E-state index is -1.60. The lowest BCUT2D eigenvalue weighted by atomic mass is 10.0. The van der Waals surface area contributed by atoms with Crippen LogP contribution in [0.15, 0.2) is 0 Å². The van der Waals surface area contributed by atoms with Crippen LogP contribution in [0.2, 0.25) is 0 Å². The highest BCUT2D eigenvalue weighted by Crippen LogP contribution is 2.13. The van der Waals surface area contributed by atoms with Crippen molar-refractivity contribution in [3.05, 3.63) is 0 Å². The third kappa shape index (κ3) is 13.3. The molecule has 0 bridgehead atoms. The number of esters is 1. The van der Waals surface area contributed by atoms with Gasteiger partial charge in [0.25, 0.3) is 0 Å². The minimum Gasteiger partial charge on any atom is -0.467 e. The molecule has 0 aromatic rings. The van der Waals surface area contributed by atoms with E-state index in [0.29, 0.717) is 0 Å². The number of aliphatic hydroxyl groups is 1. The molecule has 0 saturated heterocycles. The lowest BCUT2D eigenvalue weighted by Gasteiger charge is -2.07. The lowest BCUT2D eigenvalue weighted by Crippen LogP contribution is -2.30. The van der Waals surface area contributed by atoms with Gasteiger partial charge in [0.1, 0.15) is 0 Å². The summed E-state index contributed by atoms with van der Waals surface area (Å²) in [4.78, 5) is 22.5. The van der Waals surface area contributed by atoms with Crippen LogP contribution in [-0.2, 0) is 14.3 Å². The third-order valence-corrected chi connectivity index (χ3v) is 4.26. The molecule has 1 unspecified atom stereocenters. The highest BCUT2D eigenvalue weighted by Gasteiger charge is 2.23. The monoisotopic (exact) mass is 328 g/mol. The Labute approximate surface area is 142 Å². The molecule has 0 rings (SSSR count). The number of ketones is 1. The first-order valence-electron chi connectivity index (χ1n) is 9.42. The second kappa shape index (κ2) is 16.0. The van der Waals surface area contributed by atoms with Crippen molar-refractivity contribution in [3.8, 4) is 0 Å². The van der Waals surface area contributed by atoms with E-state index in [1.54, 1.807) is 0 Å². The number of ether oxygens (including phenoxy) is 1. The van der Waals surface area contributed by atoms with Gasteiger partial charge in [-0.15, -0.1) is 0 Å². The van der Waals surface area contributed by atoms with Crippen LogP contribution in [0, 0.1) is 0 Å². The summed E-state index contributed by atoms with van der Waals surface area (Å²) in [7, 11) is 1.17. The number of hydrogen-bond donors (Lipinski definition) is 1. The summed E-state index contributed by atoms with van der Waals surface area (Å²) in [5.74, 6) is -1.29. The molecular weight excluding hydrogens is 292 g/mol. The van der Waals surface area contributed by atoms with Crippen molar-refractivity contribution in [1.82, 2.24) is 0 Å². The van der Waals surface area contributed by atoms with Crippen LogP contribution >= 0.6 is 0 Å². The molecule has 0 aliphatic carbocycles. The SMILES string of the molecule is CCCCCCCCCCCCCCCC(=O)C(O)C(=O)OC. The Morgan fingerprint density at radius 2 is 1.17 bits per heavy atom. The average Bonchev–Trinajstić information content (AvgIpc) is 2.57. The first-order valence-corrected chi connectivity index (χ1v) is 9.42. The fourth-order valence-corrected chi connectivity index (χ4v) is 2.70. The second-order valence-corrected chi connectivity index (χ2v) is 6.38. The van der Waals surface area contributed by atoms with Crippen molar-refractivity contribution < 1.29 is 19.4 Å². The predicted molar refractivity (Wildman–Crippen MR) is 93.3 cm³/mol. The largest absolute Gasteiger partial charge is 0.467 e. The van der Waals surface area contributed by atoms with E-state index in [0.717, 1.165) is 19.3 Å². The van der Waals surface area contributed by atoms with Crippen LogP contribution in [0.4, 0.5) is 0 Å². The number of carbonyl (C=O) groups excluding carboxylic acids is 2. The lowest BCUT2D eigenvalue weighted by molar-refractivity contribution is -0.155. The Morgan fingerprint density at radius 1 is 0.783 bits per heavy atom. The minimum absolute atomic E-state index is 0.258. The van der Waals surface area contributed by atoms with Gasteiger partial charge in [-0.1, -0.05) is 84.0 Å². The number of hydrogen-bond acceptors (Lipinski definition) is 4. The number of rotatable bonds is 16. The molecule has 136 valence electrons. The van der Waals surface area contributed by atoms with Crippen LogP contribution in [0.3, 0.4) is 0 Å². The maximum atomic E-state index is 11.5. The van der Waals surface area contributed by atoms with Crippen LogP contribution < -0.4 is 0 Å². The summed E-state index contributed by atoms with van der Waals surface area (Å²) >= 11 is 0. The number of unbranched alkanes of at least 4 members (excludes halogenated alkanes) is 12. The molecular formula is C19H36O4. The van der Waals surface area contributed by atoms with Gasteiger partial charge in [0, 0.05) is 6.42 Å². The van der Waals surface area contributed by atoms with E-state index in [1.807, 2.05) is 0 Å². The van der Waals surface area contributed by atoms with E-state index in [9.17, 15) is 14.7 Å². The van der Waals surface area contributed by atoms with Crippen molar-refractivity contribution in [2.45, 2.75) is 103 Å². The van der Waals surface area contributed by atoms with Crippen molar-refractivity contribution in [3.63, 3.8) is 0 Å². The van der Waals surface area contributed by atoms with Gasteiger partial charge in [-0.2, -0.15) is 0 Å². The standard InChI is InChI=1S/C19H36O4/c1-3-4-5-6-7-8-9-10-11-12-13-14-15-16-17(20)18(21)19(22)23-2/h18,21H,3-16H2,1-2H3. The summed E-state index contributed by atoms with van der Waals surface area (Å²) < 4.78 is 4.34. The van der Waals surface area contributed by atoms with Gasteiger partial charge < -0.3 is 9.84 Å². The molecule has 4 heteroatoms.